The third-order valence-electron chi connectivity index (χ3n) is 6.34. The first-order valence-corrected chi connectivity index (χ1v) is 13.4. The van der Waals surface area contributed by atoms with Gasteiger partial charge >= 0.3 is 5.97 Å². The van der Waals surface area contributed by atoms with E-state index < -0.39 is 5.97 Å². The normalized spacial score (nSPS) is 12.1. The average molecular weight is 548 g/mol. The minimum atomic E-state index is -0.453. The van der Waals surface area contributed by atoms with Crippen LogP contribution in [-0.2, 0) is 19.7 Å². The predicted molar refractivity (Wildman–Crippen MR) is 152 cm³/mol. The van der Waals surface area contributed by atoms with E-state index in [1.54, 1.807) is 32.4 Å². The number of amides is 1. The Kier molecular flexibility index (Phi) is 12.4. The Bertz CT molecular complexity index is 1080. The van der Waals surface area contributed by atoms with Crippen molar-refractivity contribution in [3.63, 3.8) is 0 Å². The Labute approximate surface area is 232 Å². The zero-order chi connectivity index (χ0) is 28.3. The van der Waals surface area contributed by atoms with Gasteiger partial charge in [-0.3, -0.25) is 4.79 Å². The average Bonchev–Trinajstić information content (AvgIpc) is 2.88. The molecule has 1 atom stereocenters. The van der Waals surface area contributed by atoms with Crippen LogP contribution >= 0.6 is 11.6 Å². The Morgan fingerprint density at radius 3 is 2.34 bits per heavy atom. The number of hydrogen-bond donors (Lipinski definition) is 1. The number of benzene rings is 2. The number of esters is 1. The summed E-state index contributed by atoms with van der Waals surface area (Å²) in [6, 6.07) is 8.90. The number of carbonyl (C=O) groups excluding carboxylic acids is 2. The van der Waals surface area contributed by atoms with E-state index in [0.29, 0.717) is 41.0 Å². The van der Waals surface area contributed by atoms with Gasteiger partial charge in [0.1, 0.15) is 11.5 Å². The molecule has 0 saturated heterocycles. The monoisotopic (exact) mass is 547 g/mol. The van der Waals surface area contributed by atoms with Gasteiger partial charge in [0.15, 0.2) is 0 Å². The molecule has 0 radical (unpaired) electrons. The van der Waals surface area contributed by atoms with E-state index in [9.17, 15) is 9.59 Å². The summed E-state index contributed by atoms with van der Waals surface area (Å²) in [7, 11) is 4.59. The molecule has 0 bridgehead atoms. The lowest BCUT2D eigenvalue weighted by Crippen LogP contribution is -2.21. The van der Waals surface area contributed by atoms with Gasteiger partial charge in [-0.15, -0.1) is 0 Å². The van der Waals surface area contributed by atoms with Crippen LogP contribution in [0.15, 0.2) is 30.3 Å². The Hall–Kier alpha value is -2.77. The van der Waals surface area contributed by atoms with Crippen molar-refractivity contribution in [1.82, 2.24) is 0 Å². The van der Waals surface area contributed by atoms with Crippen LogP contribution in [-0.4, -0.2) is 46.4 Å². The van der Waals surface area contributed by atoms with Crippen molar-refractivity contribution in [3.05, 3.63) is 52.0 Å². The van der Waals surface area contributed by atoms with E-state index in [2.05, 4.69) is 33.0 Å². The predicted octanol–water partition coefficient (Wildman–Crippen LogP) is 7.15. The molecule has 2 rings (SSSR count). The standard InChI is InChI=1S/C30H42ClNO6/c1-8-9-11-20(22-18-24(31)27(19-26(22)36-6)38-15-10-14-35-5)17-28(33)32-25-16-21(29(34)37-7)12-13-23(25)30(2,3)4/h12-13,16,18-20H,8-11,14-15,17H2,1-7H3,(H,32,33). The van der Waals surface area contributed by atoms with Crippen LogP contribution in [0.5, 0.6) is 11.5 Å². The lowest BCUT2D eigenvalue weighted by atomic mass is 9.85. The van der Waals surface area contributed by atoms with Gasteiger partial charge in [-0.1, -0.05) is 58.2 Å². The number of nitrogens with one attached hydrogen (secondary N) is 1. The van der Waals surface area contributed by atoms with Gasteiger partial charge in [0.2, 0.25) is 5.91 Å². The fourth-order valence-corrected chi connectivity index (χ4v) is 4.56. The third-order valence-corrected chi connectivity index (χ3v) is 6.63. The van der Waals surface area contributed by atoms with Crippen molar-refractivity contribution >= 4 is 29.2 Å². The van der Waals surface area contributed by atoms with Crippen molar-refractivity contribution in [2.45, 2.75) is 71.1 Å². The summed E-state index contributed by atoms with van der Waals surface area (Å²) in [5.41, 5.74) is 2.54. The largest absolute Gasteiger partial charge is 0.496 e. The maximum absolute atomic E-state index is 13.4. The van der Waals surface area contributed by atoms with Gasteiger partial charge in [0.25, 0.3) is 0 Å². The van der Waals surface area contributed by atoms with Crippen molar-refractivity contribution in [1.29, 1.82) is 0 Å². The molecule has 7 nitrogen and oxygen atoms in total. The van der Waals surface area contributed by atoms with E-state index >= 15 is 0 Å². The van der Waals surface area contributed by atoms with Gasteiger partial charge in [0.05, 0.1) is 31.4 Å². The molecule has 38 heavy (non-hydrogen) atoms. The molecular weight excluding hydrogens is 506 g/mol. The van der Waals surface area contributed by atoms with Crippen LogP contribution in [0, 0.1) is 0 Å². The second-order valence-electron chi connectivity index (χ2n) is 10.3. The SMILES string of the molecule is CCCCC(CC(=O)Nc1cc(C(=O)OC)ccc1C(C)(C)C)c1cc(Cl)c(OCCCOC)cc1OC. The molecule has 1 unspecified atom stereocenters. The summed E-state index contributed by atoms with van der Waals surface area (Å²) < 4.78 is 21.5. The summed E-state index contributed by atoms with van der Waals surface area (Å²) >= 11 is 6.59. The Balaban J connectivity index is 2.34. The minimum absolute atomic E-state index is 0.119. The molecule has 0 aromatic heterocycles. The maximum atomic E-state index is 13.4. The van der Waals surface area contributed by atoms with Gasteiger partial charge in [-0.05, 0) is 47.1 Å². The number of rotatable bonds is 14. The van der Waals surface area contributed by atoms with Gasteiger partial charge in [-0.25, -0.2) is 4.79 Å². The van der Waals surface area contributed by atoms with E-state index in [-0.39, 0.29) is 23.7 Å². The molecule has 0 aliphatic rings. The van der Waals surface area contributed by atoms with Crippen LogP contribution in [0.3, 0.4) is 0 Å². The fraction of sp³-hybridized carbons (Fsp3) is 0.533. The molecule has 0 aliphatic heterocycles. The number of carbonyl (C=O) groups is 2. The summed E-state index contributed by atoms with van der Waals surface area (Å²) in [4.78, 5) is 25.5. The fourth-order valence-electron chi connectivity index (χ4n) is 4.33. The van der Waals surface area contributed by atoms with E-state index in [0.717, 1.165) is 36.8 Å². The smallest absolute Gasteiger partial charge is 0.337 e. The van der Waals surface area contributed by atoms with Crippen LogP contribution in [0.4, 0.5) is 5.69 Å². The number of anilines is 1. The molecule has 2 aromatic carbocycles. The summed E-state index contributed by atoms with van der Waals surface area (Å²) in [6.07, 6.45) is 3.69. The second-order valence-corrected chi connectivity index (χ2v) is 10.7. The molecule has 0 saturated carbocycles. The number of unbranched alkanes of at least 4 members (excludes halogenated alkanes) is 1. The molecule has 0 fully saturated rings. The number of ether oxygens (including phenoxy) is 4. The Morgan fingerprint density at radius 2 is 1.74 bits per heavy atom. The molecule has 1 N–H and O–H groups in total. The zero-order valence-corrected chi connectivity index (χ0v) is 24.5. The second kappa shape index (κ2) is 15.0. The maximum Gasteiger partial charge on any atom is 0.337 e. The summed E-state index contributed by atoms with van der Waals surface area (Å²) in [5.74, 6) is 0.443. The Morgan fingerprint density at radius 1 is 1.00 bits per heavy atom. The van der Waals surface area contributed by atoms with E-state index in [4.69, 9.17) is 30.5 Å². The van der Waals surface area contributed by atoms with Gasteiger partial charge in [0, 0.05) is 38.3 Å². The first-order chi connectivity index (χ1) is 18.0. The highest BCUT2D eigenvalue weighted by Crippen LogP contribution is 2.40. The minimum Gasteiger partial charge on any atom is -0.496 e. The zero-order valence-electron chi connectivity index (χ0n) is 23.7. The highest BCUT2D eigenvalue weighted by molar-refractivity contribution is 6.32. The number of methoxy groups -OCH3 is 3. The lowest BCUT2D eigenvalue weighted by molar-refractivity contribution is -0.116. The van der Waals surface area contributed by atoms with Crippen molar-refractivity contribution < 1.29 is 28.5 Å². The van der Waals surface area contributed by atoms with Crippen LogP contribution in [0.2, 0.25) is 5.02 Å². The van der Waals surface area contributed by atoms with Crippen molar-refractivity contribution in [3.8, 4) is 11.5 Å². The highest BCUT2D eigenvalue weighted by Gasteiger charge is 2.25. The molecule has 2 aromatic rings. The molecule has 210 valence electrons. The van der Waals surface area contributed by atoms with Gasteiger partial charge < -0.3 is 24.3 Å². The lowest BCUT2D eigenvalue weighted by Gasteiger charge is -2.25. The van der Waals surface area contributed by atoms with Crippen molar-refractivity contribution in [2.75, 3.05) is 39.9 Å². The highest BCUT2D eigenvalue weighted by atomic mass is 35.5. The number of halogens is 1. The van der Waals surface area contributed by atoms with Crippen LogP contribution in [0.1, 0.15) is 87.2 Å². The first kappa shape index (κ1) is 31.4. The van der Waals surface area contributed by atoms with Crippen LogP contribution in [0.25, 0.3) is 0 Å². The summed E-state index contributed by atoms with van der Waals surface area (Å²) in [5, 5.41) is 3.53. The van der Waals surface area contributed by atoms with Crippen LogP contribution < -0.4 is 14.8 Å². The molecule has 0 spiro atoms. The molecule has 0 aliphatic carbocycles. The van der Waals surface area contributed by atoms with E-state index in [1.807, 2.05) is 12.1 Å². The molecular formula is C30H42ClNO6. The quantitative estimate of drug-likeness (QED) is 0.200. The van der Waals surface area contributed by atoms with Gasteiger partial charge in [-0.2, -0.15) is 0 Å². The number of hydrogen-bond acceptors (Lipinski definition) is 6. The van der Waals surface area contributed by atoms with E-state index in [1.165, 1.54) is 7.11 Å². The third kappa shape index (κ3) is 8.91. The first-order valence-electron chi connectivity index (χ1n) is 13.1. The topological polar surface area (TPSA) is 83.1 Å². The van der Waals surface area contributed by atoms with Crippen molar-refractivity contribution in [2.24, 2.45) is 0 Å². The molecule has 1 amide bonds. The molecule has 8 heteroatoms. The summed E-state index contributed by atoms with van der Waals surface area (Å²) in [6.45, 7) is 9.37. The molecule has 0 heterocycles.